The zero-order valence-electron chi connectivity index (χ0n) is 9.87. The van der Waals surface area contributed by atoms with Gasteiger partial charge in [0.1, 0.15) is 15.2 Å². The molecule has 2 aliphatic carbocycles. The Morgan fingerprint density at radius 3 is 2.56 bits per heavy atom. The maximum absolute atomic E-state index is 12.5. The number of rotatable bonds is 5. The van der Waals surface area contributed by atoms with Crippen molar-refractivity contribution in [3.8, 4) is 6.07 Å². The molecule has 0 amide bonds. The Bertz CT molecular complexity index is 592. The third-order valence-corrected chi connectivity index (χ3v) is 6.72. The second-order valence-electron chi connectivity index (χ2n) is 4.98. The molecule has 0 spiro atoms. The second-order valence-corrected chi connectivity index (χ2v) is 8.18. The van der Waals surface area contributed by atoms with Gasteiger partial charge in [0.05, 0.1) is 0 Å². The Kier molecular flexibility index (Phi) is 2.93. The largest absolute Gasteiger partial charge is 0.252 e. The first-order valence-corrected chi connectivity index (χ1v) is 8.38. The highest BCUT2D eigenvalue weighted by molar-refractivity contribution is 7.91. The van der Waals surface area contributed by atoms with Gasteiger partial charge in [-0.05, 0) is 43.7 Å². The smallest absolute Gasteiger partial charge is 0.206 e. The molecule has 0 radical (unpaired) electrons. The van der Waals surface area contributed by atoms with Crippen LogP contribution in [0.3, 0.4) is 0 Å². The van der Waals surface area contributed by atoms with E-state index in [4.69, 9.17) is 5.26 Å². The van der Waals surface area contributed by atoms with Gasteiger partial charge < -0.3 is 0 Å². The monoisotopic (exact) mass is 282 g/mol. The number of nitriles is 1. The van der Waals surface area contributed by atoms with Gasteiger partial charge in [-0.3, -0.25) is 0 Å². The molecule has 96 valence electrons. The molecule has 18 heavy (non-hydrogen) atoms. The molecule has 0 saturated heterocycles. The normalized spacial score (nSPS) is 20.0. The number of nitrogens with zero attached hydrogens (tertiary/aromatic N) is 2. The molecule has 0 bridgehead atoms. The van der Waals surface area contributed by atoms with E-state index in [9.17, 15) is 8.42 Å². The second kappa shape index (κ2) is 4.34. The molecule has 0 aromatic carbocycles. The van der Waals surface area contributed by atoms with Crippen LogP contribution in [0.25, 0.3) is 0 Å². The fourth-order valence-electron chi connectivity index (χ4n) is 2.00. The molecule has 2 aliphatic rings. The van der Waals surface area contributed by atoms with Crippen LogP contribution in [0.2, 0.25) is 0 Å². The van der Waals surface area contributed by atoms with E-state index < -0.39 is 10.0 Å². The van der Waals surface area contributed by atoms with Crippen molar-refractivity contribution in [2.24, 2.45) is 5.92 Å². The Balaban J connectivity index is 1.88. The molecule has 1 aromatic heterocycles. The van der Waals surface area contributed by atoms with Crippen molar-refractivity contribution < 1.29 is 8.42 Å². The summed E-state index contributed by atoms with van der Waals surface area (Å²) in [7, 11) is -3.38. The molecule has 1 heterocycles. The van der Waals surface area contributed by atoms with Gasteiger partial charge in [-0.15, -0.1) is 11.3 Å². The average molecular weight is 282 g/mol. The lowest BCUT2D eigenvalue weighted by Gasteiger charge is -2.20. The van der Waals surface area contributed by atoms with E-state index in [1.54, 1.807) is 16.4 Å². The standard InChI is InChI=1S/C12H14N2O2S2/c13-7-11-5-6-12(17-11)18(15,16)14(10-3-4-10)8-9-1-2-9/h5-6,9-10H,1-4,8H2. The van der Waals surface area contributed by atoms with E-state index in [0.717, 1.165) is 37.0 Å². The molecule has 0 N–H and O–H groups in total. The van der Waals surface area contributed by atoms with Crippen LogP contribution in [-0.4, -0.2) is 25.3 Å². The summed E-state index contributed by atoms with van der Waals surface area (Å²) in [6, 6.07) is 5.33. The number of hydrogen-bond donors (Lipinski definition) is 0. The lowest BCUT2D eigenvalue weighted by atomic mass is 10.4. The first-order valence-electron chi connectivity index (χ1n) is 6.13. The first kappa shape index (κ1) is 12.2. The highest BCUT2D eigenvalue weighted by atomic mass is 32.2. The molecule has 4 nitrogen and oxygen atoms in total. The van der Waals surface area contributed by atoms with Crippen LogP contribution in [0.15, 0.2) is 16.3 Å². The zero-order chi connectivity index (χ0) is 12.8. The molecule has 1 aromatic rings. The molecule has 2 saturated carbocycles. The van der Waals surface area contributed by atoms with Crippen molar-refractivity contribution >= 4 is 21.4 Å². The van der Waals surface area contributed by atoms with Crippen molar-refractivity contribution in [1.29, 1.82) is 5.26 Å². The maximum Gasteiger partial charge on any atom is 0.252 e. The third kappa shape index (κ3) is 2.30. The predicted molar refractivity (Wildman–Crippen MR) is 68.7 cm³/mol. The van der Waals surface area contributed by atoms with Gasteiger partial charge >= 0.3 is 0 Å². The fourth-order valence-corrected chi connectivity index (χ4v) is 4.99. The Labute approximate surface area is 111 Å². The van der Waals surface area contributed by atoms with Crippen LogP contribution in [0.1, 0.15) is 30.6 Å². The summed E-state index contributed by atoms with van der Waals surface area (Å²) in [5.74, 6) is 0.552. The topological polar surface area (TPSA) is 61.2 Å². The highest BCUT2D eigenvalue weighted by Gasteiger charge is 2.41. The lowest BCUT2D eigenvalue weighted by Crippen LogP contribution is -2.34. The lowest BCUT2D eigenvalue weighted by molar-refractivity contribution is 0.390. The van der Waals surface area contributed by atoms with Gasteiger partial charge in [-0.2, -0.15) is 9.57 Å². The summed E-state index contributed by atoms with van der Waals surface area (Å²) in [6.45, 7) is 0.660. The fraction of sp³-hybridized carbons (Fsp3) is 0.583. The summed E-state index contributed by atoms with van der Waals surface area (Å²) in [5, 5.41) is 8.78. The van der Waals surface area contributed by atoms with Crippen LogP contribution in [0.4, 0.5) is 0 Å². The summed E-state index contributed by atoms with van der Waals surface area (Å²) < 4.78 is 27.0. The average Bonchev–Trinajstić information content (AvgIpc) is 3.24. The van der Waals surface area contributed by atoms with E-state index in [2.05, 4.69) is 0 Å². The molecular formula is C12H14N2O2S2. The van der Waals surface area contributed by atoms with Crippen molar-refractivity contribution in [2.45, 2.75) is 35.9 Å². The number of hydrogen-bond acceptors (Lipinski definition) is 4. The predicted octanol–water partition coefficient (Wildman–Crippen LogP) is 2.18. The molecule has 0 aliphatic heterocycles. The van der Waals surface area contributed by atoms with Crippen molar-refractivity contribution in [1.82, 2.24) is 4.31 Å². The molecule has 0 unspecified atom stereocenters. The summed E-state index contributed by atoms with van der Waals surface area (Å²) in [4.78, 5) is 0.454. The van der Waals surface area contributed by atoms with E-state index >= 15 is 0 Å². The minimum Gasteiger partial charge on any atom is -0.206 e. The SMILES string of the molecule is N#Cc1ccc(S(=O)(=O)N(CC2CC2)C2CC2)s1. The van der Waals surface area contributed by atoms with E-state index in [1.165, 1.54) is 0 Å². The Hall–Kier alpha value is -0.900. The molecule has 3 rings (SSSR count). The molecule has 0 atom stereocenters. The van der Waals surface area contributed by atoms with Gasteiger partial charge in [-0.25, -0.2) is 8.42 Å². The van der Waals surface area contributed by atoms with Gasteiger partial charge in [0, 0.05) is 12.6 Å². The van der Waals surface area contributed by atoms with Crippen LogP contribution in [-0.2, 0) is 10.0 Å². The highest BCUT2D eigenvalue weighted by Crippen LogP contribution is 2.39. The van der Waals surface area contributed by atoms with Crippen LogP contribution < -0.4 is 0 Å². The van der Waals surface area contributed by atoms with Crippen molar-refractivity contribution in [2.75, 3.05) is 6.54 Å². The van der Waals surface area contributed by atoms with Crippen LogP contribution in [0, 0.1) is 17.2 Å². The number of thiophene rings is 1. The van der Waals surface area contributed by atoms with Crippen molar-refractivity contribution in [3.05, 3.63) is 17.0 Å². The maximum atomic E-state index is 12.5. The molecule has 6 heteroatoms. The van der Waals surface area contributed by atoms with Crippen LogP contribution >= 0.6 is 11.3 Å². The van der Waals surface area contributed by atoms with Gasteiger partial charge in [0.15, 0.2) is 0 Å². The Morgan fingerprint density at radius 1 is 1.33 bits per heavy atom. The Morgan fingerprint density at radius 2 is 2.06 bits per heavy atom. The van der Waals surface area contributed by atoms with E-state index in [1.807, 2.05) is 6.07 Å². The summed E-state index contributed by atoms with van der Waals surface area (Å²) in [5.41, 5.74) is 0. The third-order valence-electron chi connectivity index (χ3n) is 3.34. The molecule has 2 fully saturated rings. The minimum atomic E-state index is -3.38. The zero-order valence-corrected chi connectivity index (χ0v) is 11.5. The van der Waals surface area contributed by atoms with E-state index in [-0.39, 0.29) is 6.04 Å². The van der Waals surface area contributed by atoms with E-state index in [0.29, 0.717) is 21.5 Å². The minimum absolute atomic E-state index is 0.197. The summed E-state index contributed by atoms with van der Waals surface area (Å²) >= 11 is 1.07. The quantitative estimate of drug-likeness (QED) is 0.831. The van der Waals surface area contributed by atoms with Gasteiger partial charge in [0.25, 0.3) is 10.0 Å². The molecular weight excluding hydrogens is 268 g/mol. The first-order chi connectivity index (χ1) is 8.61. The van der Waals surface area contributed by atoms with Crippen molar-refractivity contribution in [3.63, 3.8) is 0 Å². The van der Waals surface area contributed by atoms with Crippen LogP contribution in [0.5, 0.6) is 0 Å². The van der Waals surface area contributed by atoms with Gasteiger partial charge in [0.2, 0.25) is 0 Å². The summed E-state index contributed by atoms with van der Waals surface area (Å²) in [6.07, 6.45) is 4.24. The van der Waals surface area contributed by atoms with Gasteiger partial charge in [-0.1, -0.05) is 0 Å². The number of sulfonamides is 1.